The van der Waals surface area contributed by atoms with E-state index in [1.807, 2.05) is 4.31 Å². The van der Waals surface area contributed by atoms with Crippen molar-refractivity contribution in [2.45, 2.75) is 13.0 Å². The lowest BCUT2D eigenvalue weighted by Gasteiger charge is -2.37. The monoisotopic (exact) mass is 147 g/mol. The van der Waals surface area contributed by atoms with Crippen LogP contribution in [0.25, 0.3) is 0 Å². The highest BCUT2D eigenvalue weighted by molar-refractivity contribution is 7.77. The molecule has 0 amide bonds. The van der Waals surface area contributed by atoms with E-state index in [1.54, 1.807) is 7.11 Å². The topological polar surface area (TPSA) is 12.5 Å². The molecule has 0 bridgehead atoms. The van der Waals surface area contributed by atoms with Gasteiger partial charge in [0.1, 0.15) is 0 Å². The Labute approximate surface area is 61.7 Å². The zero-order chi connectivity index (χ0) is 6.85. The molecule has 1 rings (SSSR count). The third kappa shape index (κ3) is 1.60. The molecule has 1 heterocycles. The van der Waals surface area contributed by atoms with E-state index in [9.17, 15) is 0 Å². The molecule has 0 spiro atoms. The Kier molecular flexibility index (Phi) is 2.38. The van der Waals surface area contributed by atoms with Crippen LogP contribution >= 0.6 is 12.8 Å². The highest BCUT2D eigenvalue weighted by Gasteiger charge is 2.28. The van der Waals surface area contributed by atoms with E-state index in [4.69, 9.17) is 4.74 Å². The van der Waals surface area contributed by atoms with Crippen LogP contribution in [0.3, 0.4) is 0 Å². The summed E-state index contributed by atoms with van der Waals surface area (Å²) in [4.78, 5) is 0. The van der Waals surface area contributed by atoms with Crippen molar-refractivity contribution in [1.82, 2.24) is 4.31 Å². The van der Waals surface area contributed by atoms with Crippen molar-refractivity contribution >= 4 is 12.8 Å². The van der Waals surface area contributed by atoms with Crippen molar-refractivity contribution < 1.29 is 4.74 Å². The molecular formula is C6H13NOS. The van der Waals surface area contributed by atoms with E-state index in [-0.39, 0.29) is 0 Å². The molecule has 1 aliphatic rings. The second kappa shape index (κ2) is 2.90. The van der Waals surface area contributed by atoms with Gasteiger partial charge in [-0.05, 0) is 6.92 Å². The maximum absolute atomic E-state index is 5.14. The lowest BCUT2D eigenvalue weighted by atomic mass is 9.98. The molecule has 0 aromatic heterocycles. The Hall–Kier alpha value is 0.270. The average Bonchev–Trinajstić information content (AvgIpc) is 1.79. The molecule has 54 valence electrons. The molecule has 1 atom stereocenters. The van der Waals surface area contributed by atoms with Crippen LogP contribution in [0.15, 0.2) is 0 Å². The van der Waals surface area contributed by atoms with Crippen molar-refractivity contribution in [3.8, 4) is 0 Å². The van der Waals surface area contributed by atoms with Crippen LogP contribution in [0.4, 0.5) is 0 Å². The fourth-order valence-corrected chi connectivity index (χ4v) is 1.40. The minimum absolute atomic E-state index is 0.397. The van der Waals surface area contributed by atoms with Gasteiger partial charge in [-0.15, -0.1) is 0 Å². The zero-order valence-electron chi connectivity index (χ0n) is 5.87. The summed E-state index contributed by atoms with van der Waals surface area (Å²) >= 11 is 4.16. The van der Waals surface area contributed by atoms with Gasteiger partial charge < -0.3 is 4.74 Å². The Morgan fingerprint density at radius 2 is 2.22 bits per heavy atom. The number of ether oxygens (including phenoxy) is 1. The quantitative estimate of drug-likeness (QED) is 0.580. The molecule has 1 saturated heterocycles. The molecule has 3 heteroatoms. The fraction of sp³-hybridized carbons (Fsp3) is 1.00. The number of thiol groups is 1. The van der Waals surface area contributed by atoms with Gasteiger partial charge in [-0.3, -0.25) is 4.31 Å². The molecule has 0 aromatic carbocycles. The van der Waals surface area contributed by atoms with E-state index in [0.29, 0.717) is 12.0 Å². The van der Waals surface area contributed by atoms with Gasteiger partial charge >= 0.3 is 0 Å². The summed E-state index contributed by atoms with van der Waals surface area (Å²) in [5.74, 6) is 0.701. The summed E-state index contributed by atoms with van der Waals surface area (Å²) in [7, 11) is 1.76. The Bertz CT molecular complexity index is 93.1. The molecule has 1 fully saturated rings. The Balaban J connectivity index is 2.15. The van der Waals surface area contributed by atoms with Crippen molar-refractivity contribution in [3.05, 3.63) is 0 Å². The van der Waals surface area contributed by atoms with E-state index in [0.717, 1.165) is 13.1 Å². The molecule has 0 aliphatic carbocycles. The van der Waals surface area contributed by atoms with Gasteiger partial charge in [0.05, 0.1) is 6.10 Å². The largest absolute Gasteiger partial charge is 0.381 e. The van der Waals surface area contributed by atoms with Gasteiger partial charge in [-0.25, -0.2) is 0 Å². The molecule has 0 N–H and O–H groups in total. The van der Waals surface area contributed by atoms with Gasteiger partial charge in [0.25, 0.3) is 0 Å². The second-order valence-electron chi connectivity index (χ2n) is 2.57. The van der Waals surface area contributed by atoms with E-state index in [1.165, 1.54) is 0 Å². The summed E-state index contributed by atoms with van der Waals surface area (Å²) in [6.07, 6.45) is 0.397. The molecule has 2 nitrogen and oxygen atoms in total. The smallest absolute Gasteiger partial charge is 0.0596 e. The van der Waals surface area contributed by atoms with Crippen LogP contribution in [0.5, 0.6) is 0 Å². The van der Waals surface area contributed by atoms with Gasteiger partial charge in [-0.1, -0.05) is 12.8 Å². The molecule has 0 radical (unpaired) electrons. The van der Waals surface area contributed by atoms with Gasteiger partial charge in [0.2, 0.25) is 0 Å². The highest BCUT2D eigenvalue weighted by atomic mass is 32.1. The number of nitrogens with zero attached hydrogens (tertiary/aromatic N) is 1. The highest BCUT2D eigenvalue weighted by Crippen LogP contribution is 2.21. The minimum atomic E-state index is 0.397. The summed E-state index contributed by atoms with van der Waals surface area (Å²) < 4.78 is 7.14. The van der Waals surface area contributed by atoms with Crippen LogP contribution in [0.1, 0.15) is 6.92 Å². The van der Waals surface area contributed by atoms with E-state index < -0.39 is 0 Å². The number of methoxy groups -OCH3 is 1. The molecule has 0 saturated carbocycles. The molecule has 1 aliphatic heterocycles. The first kappa shape index (κ1) is 7.38. The maximum atomic E-state index is 5.14. The van der Waals surface area contributed by atoms with Gasteiger partial charge in [0, 0.05) is 26.1 Å². The number of hydrogen-bond donors (Lipinski definition) is 1. The maximum Gasteiger partial charge on any atom is 0.0596 e. The van der Waals surface area contributed by atoms with Crippen LogP contribution in [-0.4, -0.2) is 30.6 Å². The van der Waals surface area contributed by atoms with Crippen molar-refractivity contribution in [1.29, 1.82) is 0 Å². The van der Waals surface area contributed by atoms with Crippen LogP contribution < -0.4 is 0 Å². The number of hydrogen-bond acceptors (Lipinski definition) is 3. The SMILES string of the molecule is COC(C)C1CN(S)C1. The summed E-state index contributed by atoms with van der Waals surface area (Å²) in [5.41, 5.74) is 0. The standard InChI is InChI=1S/C6H13NOS/c1-5(8-2)6-3-7(9)4-6/h5-6,9H,3-4H2,1-2H3. The normalized spacial score (nSPS) is 25.7. The third-order valence-corrected chi connectivity index (χ3v) is 2.25. The molecule has 0 aromatic rings. The van der Waals surface area contributed by atoms with E-state index in [2.05, 4.69) is 19.7 Å². The van der Waals surface area contributed by atoms with Crippen LogP contribution in [0.2, 0.25) is 0 Å². The van der Waals surface area contributed by atoms with Crippen molar-refractivity contribution in [3.63, 3.8) is 0 Å². The average molecular weight is 147 g/mol. The second-order valence-corrected chi connectivity index (χ2v) is 3.14. The predicted octanol–water partition coefficient (Wildman–Crippen LogP) is 0.798. The Morgan fingerprint density at radius 1 is 1.67 bits per heavy atom. The first-order valence-electron chi connectivity index (χ1n) is 3.20. The van der Waals surface area contributed by atoms with E-state index >= 15 is 0 Å². The zero-order valence-corrected chi connectivity index (χ0v) is 6.77. The van der Waals surface area contributed by atoms with Gasteiger partial charge in [0.15, 0.2) is 0 Å². The lowest BCUT2D eigenvalue weighted by molar-refractivity contribution is 0.0183. The van der Waals surface area contributed by atoms with Crippen LogP contribution in [-0.2, 0) is 4.74 Å². The van der Waals surface area contributed by atoms with Crippen LogP contribution in [0, 0.1) is 5.92 Å². The van der Waals surface area contributed by atoms with Crippen molar-refractivity contribution in [2.75, 3.05) is 20.2 Å². The lowest BCUT2D eigenvalue weighted by Crippen LogP contribution is -2.46. The third-order valence-electron chi connectivity index (χ3n) is 1.93. The minimum Gasteiger partial charge on any atom is -0.381 e. The summed E-state index contributed by atoms with van der Waals surface area (Å²) in [5, 5.41) is 0. The van der Waals surface area contributed by atoms with Gasteiger partial charge in [-0.2, -0.15) is 0 Å². The first-order chi connectivity index (χ1) is 4.24. The Morgan fingerprint density at radius 3 is 2.56 bits per heavy atom. The predicted molar refractivity (Wildman–Crippen MR) is 40.5 cm³/mol. The summed E-state index contributed by atoms with van der Waals surface area (Å²) in [6, 6.07) is 0. The molecule has 1 unspecified atom stereocenters. The summed E-state index contributed by atoms with van der Waals surface area (Å²) in [6.45, 7) is 4.24. The first-order valence-corrected chi connectivity index (χ1v) is 3.60. The molecule has 9 heavy (non-hydrogen) atoms. The number of rotatable bonds is 2. The molecular weight excluding hydrogens is 134 g/mol. The fourth-order valence-electron chi connectivity index (χ4n) is 0.977. The van der Waals surface area contributed by atoms with Crippen molar-refractivity contribution in [2.24, 2.45) is 5.92 Å².